The maximum atomic E-state index is 11.3. The molecule has 1 aromatic carbocycles. The van der Waals surface area contributed by atoms with E-state index in [0.29, 0.717) is 0 Å². The van der Waals surface area contributed by atoms with Crippen molar-refractivity contribution in [2.45, 2.75) is 39.5 Å². The number of aliphatic carboxylic acids is 1. The molecule has 0 saturated carbocycles. The minimum atomic E-state index is -0.981. The lowest BCUT2D eigenvalue weighted by molar-refractivity contribution is -0.138. The van der Waals surface area contributed by atoms with E-state index in [0.717, 1.165) is 41.8 Å². The van der Waals surface area contributed by atoms with Crippen molar-refractivity contribution in [3.8, 4) is 0 Å². The van der Waals surface area contributed by atoms with Gasteiger partial charge < -0.3 is 15.4 Å². The van der Waals surface area contributed by atoms with Gasteiger partial charge in [-0.2, -0.15) is 0 Å². The summed E-state index contributed by atoms with van der Waals surface area (Å²) in [6, 6.07) is 3.35. The van der Waals surface area contributed by atoms with Crippen LogP contribution in [0.2, 0.25) is 0 Å². The summed E-state index contributed by atoms with van der Waals surface area (Å²) < 4.78 is 2.16. The fourth-order valence-electron chi connectivity index (χ4n) is 3.49. The number of carboxylic acid groups (broad SMARTS) is 1. The zero-order chi connectivity index (χ0) is 15.3. The van der Waals surface area contributed by atoms with Crippen LogP contribution in [0.3, 0.4) is 0 Å². The van der Waals surface area contributed by atoms with Gasteiger partial charge in [0, 0.05) is 41.8 Å². The maximum absolute atomic E-state index is 11.3. The zero-order valence-electron chi connectivity index (χ0n) is 12.7. The number of hydrogen-bond acceptors (Lipinski definition) is 3. The maximum Gasteiger partial charge on any atom is 0.325 e. The monoisotopic (exact) mass is 287 g/mol. The fourth-order valence-corrected chi connectivity index (χ4v) is 3.49. The molecule has 3 N–H and O–H groups in total. The summed E-state index contributed by atoms with van der Waals surface area (Å²) in [5.74, 6) is -0.981. The molecule has 0 saturated heterocycles. The number of fused-ring (bicyclic) bond motifs is 2. The highest BCUT2D eigenvalue weighted by molar-refractivity contribution is 5.92. The molecule has 0 aliphatic carbocycles. The van der Waals surface area contributed by atoms with Crippen LogP contribution in [0.5, 0.6) is 0 Å². The Balaban J connectivity index is 2.30. The largest absolute Gasteiger partial charge is 0.480 e. The Kier molecular flexibility index (Phi) is 3.26. The van der Waals surface area contributed by atoms with E-state index in [1.807, 2.05) is 6.92 Å². The highest BCUT2D eigenvalue weighted by Crippen LogP contribution is 2.34. The summed E-state index contributed by atoms with van der Waals surface area (Å²) in [7, 11) is 2.09. The molecule has 112 valence electrons. The van der Waals surface area contributed by atoms with Gasteiger partial charge in [-0.05, 0) is 44.2 Å². The van der Waals surface area contributed by atoms with E-state index in [-0.39, 0.29) is 0 Å². The molecule has 1 aliphatic rings. The number of aromatic nitrogens is 1. The van der Waals surface area contributed by atoms with E-state index in [1.165, 1.54) is 11.1 Å². The third-order valence-corrected chi connectivity index (χ3v) is 4.47. The number of nitrogens with two attached hydrogens (primary N) is 1. The lowest BCUT2D eigenvalue weighted by Crippen LogP contribution is -2.21. The highest BCUT2D eigenvalue weighted by Gasteiger charge is 2.26. The first-order valence-electron chi connectivity index (χ1n) is 7.25. The van der Waals surface area contributed by atoms with Crippen LogP contribution in [0, 0.1) is 6.92 Å². The van der Waals surface area contributed by atoms with Crippen LogP contribution in [0.4, 0.5) is 0 Å². The van der Waals surface area contributed by atoms with Crippen molar-refractivity contribution in [3.05, 3.63) is 34.5 Å². The summed E-state index contributed by atoms with van der Waals surface area (Å²) >= 11 is 0. The van der Waals surface area contributed by atoms with Crippen molar-refractivity contribution in [1.82, 2.24) is 9.47 Å². The Morgan fingerprint density at radius 3 is 2.57 bits per heavy atom. The second kappa shape index (κ2) is 4.86. The molecular formula is C16H21N3O2. The Morgan fingerprint density at radius 2 is 2.00 bits per heavy atom. The molecule has 0 bridgehead atoms. The molecule has 5 nitrogen and oxygen atoms in total. The van der Waals surface area contributed by atoms with Crippen molar-refractivity contribution < 1.29 is 9.90 Å². The molecule has 2 aromatic rings. The molecule has 1 aromatic heterocycles. The molecule has 3 rings (SSSR count). The van der Waals surface area contributed by atoms with Crippen molar-refractivity contribution in [1.29, 1.82) is 0 Å². The van der Waals surface area contributed by atoms with Crippen molar-refractivity contribution in [2.75, 3.05) is 7.05 Å². The Bertz CT molecular complexity index is 733. The van der Waals surface area contributed by atoms with Gasteiger partial charge in [-0.15, -0.1) is 0 Å². The number of aryl methyl sites for hydroxylation is 1. The first-order chi connectivity index (χ1) is 9.93. The fraction of sp³-hybridized carbons (Fsp3) is 0.438. The van der Waals surface area contributed by atoms with Crippen molar-refractivity contribution >= 4 is 16.9 Å². The zero-order valence-corrected chi connectivity index (χ0v) is 12.7. The van der Waals surface area contributed by atoms with E-state index in [9.17, 15) is 9.90 Å². The number of carboxylic acids is 1. The normalized spacial score (nSPS) is 16.4. The minimum absolute atomic E-state index is 0.747. The summed E-state index contributed by atoms with van der Waals surface area (Å²) in [4.78, 5) is 13.6. The van der Waals surface area contributed by atoms with Crippen molar-refractivity contribution in [3.63, 3.8) is 0 Å². The number of rotatable bonds is 3. The SMILES string of the molecule is CCn1c(C)c(C(N)C(=O)O)c2cc3c(cc21)CN(C)C3. The molecule has 0 amide bonds. The first-order valence-corrected chi connectivity index (χ1v) is 7.25. The third-order valence-electron chi connectivity index (χ3n) is 4.47. The van der Waals surface area contributed by atoms with E-state index < -0.39 is 12.0 Å². The Morgan fingerprint density at radius 1 is 1.38 bits per heavy atom. The number of carbonyl (C=O) groups is 1. The predicted octanol–water partition coefficient (Wildman–Crippen LogP) is 2.00. The average Bonchev–Trinajstić information content (AvgIpc) is 2.90. The van der Waals surface area contributed by atoms with Crippen LogP contribution in [0.15, 0.2) is 12.1 Å². The van der Waals surface area contributed by atoms with Gasteiger partial charge >= 0.3 is 5.97 Å². The predicted molar refractivity (Wildman–Crippen MR) is 82.1 cm³/mol. The third kappa shape index (κ3) is 2.04. The van der Waals surface area contributed by atoms with Gasteiger partial charge in [-0.3, -0.25) is 9.69 Å². The van der Waals surface area contributed by atoms with Crippen LogP contribution in [-0.2, 0) is 24.4 Å². The minimum Gasteiger partial charge on any atom is -0.480 e. The molecule has 1 unspecified atom stereocenters. The van der Waals surface area contributed by atoms with Crippen LogP contribution in [0.25, 0.3) is 10.9 Å². The summed E-state index contributed by atoms with van der Waals surface area (Å²) in [5, 5.41) is 10.3. The van der Waals surface area contributed by atoms with Crippen LogP contribution < -0.4 is 5.73 Å². The summed E-state index contributed by atoms with van der Waals surface area (Å²) in [6.45, 7) is 6.69. The van der Waals surface area contributed by atoms with Gasteiger partial charge in [0.05, 0.1) is 0 Å². The Labute approximate surface area is 124 Å². The van der Waals surface area contributed by atoms with Gasteiger partial charge in [-0.25, -0.2) is 0 Å². The summed E-state index contributed by atoms with van der Waals surface area (Å²) in [5.41, 5.74) is 11.3. The van der Waals surface area contributed by atoms with Crippen LogP contribution >= 0.6 is 0 Å². The Hall–Kier alpha value is -1.85. The number of nitrogens with zero attached hydrogens (tertiary/aromatic N) is 2. The van der Waals surface area contributed by atoms with Gasteiger partial charge in [0.2, 0.25) is 0 Å². The highest BCUT2D eigenvalue weighted by atomic mass is 16.4. The van der Waals surface area contributed by atoms with Gasteiger partial charge in [0.15, 0.2) is 0 Å². The molecule has 1 aliphatic heterocycles. The quantitative estimate of drug-likeness (QED) is 0.905. The van der Waals surface area contributed by atoms with E-state index in [1.54, 1.807) is 0 Å². The number of benzene rings is 1. The molecular weight excluding hydrogens is 266 g/mol. The molecule has 0 radical (unpaired) electrons. The van der Waals surface area contributed by atoms with E-state index in [4.69, 9.17) is 5.73 Å². The molecule has 21 heavy (non-hydrogen) atoms. The van der Waals surface area contributed by atoms with Crippen LogP contribution in [0.1, 0.15) is 35.3 Å². The molecule has 5 heteroatoms. The molecule has 0 spiro atoms. The van der Waals surface area contributed by atoms with Gasteiger partial charge in [0.1, 0.15) is 6.04 Å². The van der Waals surface area contributed by atoms with Gasteiger partial charge in [0.25, 0.3) is 0 Å². The number of hydrogen-bond donors (Lipinski definition) is 2. The van der Waals surface area contributed by atoms with E-state index in [2.05, 4.69) is 35.6 Å². The second-order valence-electron chi connectivity index (χ2n) is 5.87. The summed E-state index contributed by atoms with van der Waals surface area (Å²) in [6.07, 6.45) is 0. The lowest BCUT2D eigenvalue weighted by Gasteiger charge is -2.08. The van der Waals surface area contributed by atoms with Crippen LogP contribution in [-0.4, -0.2) is 27.6 Å². The molecule has 0 fully saturated rings. The lowest BCUT2D eigenvalue weighted by atomic mass is 10.0. The van der Waals surface area contributed by atoms with E-state index >= 15 is 0 Å². The standard InChI is InChI=1S/C16H21N3O2/c1-4-19-9(2)14(15(17)16(20)21)12-5-10-7-18(3)8-11(10)6-13(12)19/h5-6,15H,4,7-8,17H2,1-3H3,(H,20,21). The molecule has 1 atom stereocenters. The average molecular weight is 287 g/mol. The smallest absolute Gasteiger partial charge is 0.325 e. The van der Waals surface area contributed by atoms with Crippen molar-refractivity contribution in [2.24, 2.45) is 5.73 Å². The second-order valence-corrected chi connectivity index (χ2v) is 5.87. The first kappa shape index (κ1) is 14.1. The topological polar surface area (TPSA) is 71.5 Å². The van der Waals surface area contributed by atoms with Gasteiger partial charge in [-0.1, -0.05) is 0 Å². The molecule has 2 heterocycles.